The largest absolute Gasteiger partial charge is 0.473 e. The predicted octanol–water partition coefficient (Wildman–Crippen LogP) is 7.56. The standard InChI is InChI=1S/2C5H12.C4H4O.C3H4N2.2HI.V/c2*1-4-5(2)3;2*1-2-4-5-3-1;;;/h2*5H,4H2,1-3H3;1-4H;1-3H,(H,4,5);2*1H;/q;;;;;;+2/p-2. The molecular formula is C17H32I2N2OV. The van der Waals surface area contributed by atoms with E-state index in [0.29, 0.717) is 9.47 Å². The van der Waals surface area contributed by atoms with Crippen LogP contribution in [0.4, 0.5) is 0 Å². The fourth-order valence-corrected chi connectivity index (χ4v) is 0.442. The average Bonchev–Trinajstić information content (AvgIpc) is 3.26. The summed E-state index contributed by atoms with van der Waals surface area (Å²) in [6, 6.07) is 5.50. The third-order valence-corrected chi connectivity index (χ3v) is 2.46. The Morgan fingerprint density at radius 2 is 1.35 bits per heavy atom. The van der Waals surface area contributed by atoms with E-state index in [1.807, 2.05) is 18.2 Å². The maximum Gasteiger partial charge on any atom is 0.0902 e. The Morgan fingerprint density at radius 3 is 1.43 bits per heavy atom. The Bertz CT molecular complexity index is 273. The summed E-state index contributed by atoms with van der Waals surface area (Å²) in [6.45, 7) is 13.3. The number of nitrogens with one attached hydrogen (secondary N) is 1. The van der Waals surface area contributed by atoms with Gasteiger partial charge in [0, 0.05) is 12.4 Å². The molecular weight excluding hydrogens is 553 g/mol. The Labute approximate surface area is 172 Å². The fraction of sp³-hybridized carbons (Fsp3) is 0.588. The van der Waals surface area contributed by atoms with Crippen molar-refractivity contribution in [3.63, 3.8) is 0 Å². The Morgan fingerprint density at radius 1 is 0.957 bits per heavy atom. The van der Waals surface area contributed by atoms with Crippen molar-refractivity contribution in [1.29, 1.82) is 0 Å². The van der Waals surface area contributed by atoms with Gasteiger partial charge in [-0.15, -0.1) is 0 Å². The van der Waals surface area contributed by atoms with E-state index in [-0.39, 0.29) is 0 Å². The first-order valence-corrected chi connectivity index (χ1v) is 16.8. The van der Waals surface area contributed by atoms with Crippen molar-refractivity contribution in [2.24, 2.45) is 11.8 Å². The molecule has 0 saturated carbocycles. The van der Waals surface area contributed by atoms with E-state index >= 15 is 0 Å². The van der Waals surface area contributed by atoms with Gasteiger partial charge in [0.05, 0.1) is 12.5 Å². The molecule has 0 spiro atoms. The molecule has 0 radical (unpaired) electrons. The van der Waals surface area contributed by atoms with Gasteiger partial charge in [0.2, 0.25) is 0 Å². The van der Waals surface area contributed by atoms with Crippen molar-refractivity contribution in [1.82, 2.24) is 10.2 Å². The Hall–Kier alpha value is 0.534. The van der Waals surface area contributed by atoms with Gasteiger partial charge < -0.3 is 4.42 Å². The molecule has 0 fully saturated rings. The molecule has 0 aliphatic rings. The van der Waals surface area contributed by atoms with Crippen LogP contribution in [-0.4, -0.2) is 10.2 Å². The molecule has 0 bridgehead atoms. The van der Waals surface area contributed by atoms with Gasteiger partial charge in [-0.1, -0.05) is 54.4 Å². The summed E-state index contributed by atoms with van der Waals surface area (Å²) in [6.07, 6.45) is 9.32. The molecule has 2 aromatic rings. The molecule has 0 aromatic carbocycles. The van der Waals surface area contributed by atoms with Crippen molar-refractivity contribution < 1.29 is 13.9 Å². The van der Waals surface area contributed by atoms with Gasteiger partial charge in [-0.25, -0.2) is 0 Å². The molecule has 0 amide bonds. The number of halogens is 2. The van der Waals surface area contributed by atoms with Crippen LogP contribution in [-0.2, 0) is 9.47 Å². The molecule has 2 aromatic heterocycles. The van der Waals surface area contributed by atoms with Crippen molar-refractivity contribution in [3.05, 3.63) is 43.1 Å². The summed E-state index contributed by atoms with van der Waals surface area (Å²) in [7, 11) is 0.628. The van der Waals surface area contributed by atoms with Crippen LogP contribution in [0.15, 0.2) is 47.5 Å². The Kier molecular flexibility index (Phi) is 33.7. The quantitative estimate of drug-likeness (QED) is 0.370. The zero-order valence-electron chi connectivity index (χ0n) is 15.2. The zero-order valence-corrected chi connectivity index (χ0v) is 20.9. The van der Waals surface area contributed by atoms with Crippen molar-refractivity contribution >= 4 is 40.0 Å². The van der Waals surface area contributed by atoms with Crippen LogP contribution in [0.2, 0.25) is 0 Å². The van der Waals surface area contributed by atoms with E-state index in [0.717, 1.165) is 11.8 Å². The van der Waals surface area contributed by atoms with Crippen LogP contribution in [0.25, 0.3) is 0 Å². The van der Waals surface area contributed by atoms with Gasteiger partial charge in [-0.05, 0) is 30.0 Å². The van der Waals surface area contributed by atoms with Gasteiger partial charge in [0.1, 0.15) is 0 Å². The SMILES string of the molecule is CCC(C)C.CCC(C)C.[I][V][I].c1ccoc1.c1cn[nH]c1. The summed E-state index contributed by atoms with van der Waals surface area (Å²) in [4.78, 5) is 0. The van der Waals surface area contributed by atoms with Gasteiger partial charge >= 0.3 is 49.4 Å². The molecule has 1 N–H and O–H groups in total. The minimum absolute atomic E-state index is 0.628. The number of H-pyrrole nitrogens is 1. The van der Waals surface area contributed by atoms with Gasteiger partial charge in [-0.3, -0.25) is 5.10 Å². The van der Waals surface area contributed by atoms with Gasteiger partial charge in [0.25, 0.3) is 0 Å². The first-order chi connectivity index (χ1) is 11.0. The number of rotatable bonds is 2. The fourth-order valence-electron chi connectivity index (χ4n) is 0.442. The number of hydrogen-bond donors (Lipinski definition) is 1. The van der Waals surface area contributed by atoms with Crippen LogP contribution in [0.3, 0.4) is 0 Å². The van der Waals surface area contributed by atoms with E-state index in [2.05, 4.69) is 96.1 Å². The van der Waals surface area contributed by atoms with E-state index in [4.69, 9.17) is 0 Å². The summed E-state index contributed by atoms with van der Waals surface area (Å²) < 4.78 is 4.58. The monoisotopic (exact) mass is 585 g/mol. The summed E-state index contributed by atoms with van der Waals surface area (Å²) in [5.74, 6) is 1.77. The second kappa shape index (κ2) is 27.4. The first kappa shape index (κ1) is 28.3. The molecule has 0 unspecified atom stereocenters. The maximum absolute atomic E-state index is 4.58. The van der Waals surface area contributed by atoms with Crippen molar-refractivity contribution in [2.75, 3.05) is 0 Å². The normalized spacial score (nSPS) is 8.26. The van der Waals surface area contributed by atoms with E-state index < -0.39 is 0 Å². The summed E-state index contributed by atoms with van der Waals surface area (Å²) in [5, 5.41) is 6.21. The molecule has 2 heterocycles. The Balaban J connectivity index is -0.000000220. The molecule has 2 rings (SSSR count). The molecule has 0 aliphatic carbocycles. The minimum Gasteiger partial charge on any atom is -0.473 e. The smallest absolute Gasteiger partial charge is 0.0902 e. The maximum atomic E-state index is 4.58. The molecule has 0 atom stereocenters. The summed E-state index contributed by atoms with van der Waals surface area (Å²) >= 11 is 4.74. The second-order valence-electron chi connectivity index (χ2n) is 5.23. The third kappa shape index (κ3) is 45.0. The molecule has 6 heteroatoms. The number of hydrogen-bond acceptors (Lipinski definition) is 2. The van der Waals surface area contributed by atoms with Crippen molar-refractivity contribution in [3.8, 4) is 0 Å². The second-order valence-corrected chi connectivity index (χ2v) is 17.0. The number of aromatic amines is 1. The minimum atomic E-state index is 0.628. The van der Waals surface area contributed by atoms with E-state index in [9.17, 15) is 0 Å². The average molecular weight is 585 g/mol. The number of furan rings is 1. The summed E-state index contributed by atoms with van der Waals surface area (Å²) in [5.41, 5.74) is 0. The molecule has 23 heavy (non-hydrogen) atoms. The zero-order chi connectivity index (χ0) is 18.3. The van der Waals surface area contributed by atoms with E-state index in [1.165, 1.54) is 12.8 Å². The van der Waals surface area contributed by atoms with Crippen LogP contribution < -0.4 is 0 Å². The molecule has 3 nitrogen and oxygen atoms in total. The van der Waals surface area contributed by atoms with Crippen LogP contribution >= 0.6 is 40.0 Å². The van der Waals surface area contributed by atoms with Crippen molar-refractivity contribution in [2.45, 2.75) is 54.4 Å². The van der Waals surface area contributed by atoms with Gasteiger partial charge in [0.15, 0.2) is 0 Å². The van der Waals surface area contributed by atoms with Crippen LogP contribution in [0.5, 0.6) is 0 Å². The molecule has 135 valence electrons. The van der Waals surface area contributed by atoms with Crippen LogP contribution in [0.1, 0.15) is 54.4 Å². The third-order valence-electron chi connectivity index (χ3n) is 2.46. The first-order valence-electron chi connectivity index (χ1n) is 7.79. The topological polar surface area (TPSA) is 41.8 Å². The number of nitrogens with zero attached hydrogens (tertiary/aromatic N) is 1. The molecule has 0 aliphatic heterocycles. The van der Waals surface area contributed by atoms with Crippen LogP contribution in [0, 0.1) is 11.8 Å². The molecule has 0 saturated heterocycles. The van der Waals surface area contributed by atoms with Gasteiger partial charge in [-0.2, -0.15) is 5.10 Å². The van der Waals surface area contributed by atoms with E-state index in [1.54, 1.807) is 24.9 Å². The number of aromatic nitrogens is 2. The predicted molar refractivity (Wildman–Crippen MR) is 116 cm³/mol.